The van der Waals surface area contributed by atoms with Crippen molar-refractivity contribution in [1.82, 2.24) is 0 Å². The third-order valence-corrected chi connectivity index (χ3v) is 5.51. The Morgan fingerprint density at radius 3 is 1.55 bits per heavy atom. The van der Waals surface area contributed by atoms with Gasteiger partial charge in [0.15, 0.2) is 0 Å². The second kappa shape index (κ2) is 13.4. The van der Waals surface area contributed by atoms with Gasteiger partial charge in [0.1, 0.15) is 17.2 Å². The van der Waals surface area contributed by atoms with Crippen molar-refractivity contribution in [1.29, 1.82) is 0 Å². The summed E-state index contributed by atoms with van der Waals surface area (Å²) < 4.78 is 0. The van der Waals surface area contributed by atoms with Crippen LogP contribution in [0.1, 0.15) is 42.5 Å². The molecule has 0 heterocycles. The van der Waals surface area contributed by atoms with Crippen LogP contribution in [0.3, 0.4) is 0 Å². The van der Waals surface area contributed by atoms with E-state index in [1.807, 2.05) is 32.9 Å². The number of halogens is 3. The van der Waals surface area contributed by atoms with Crippen molar-refractivity contribution < 1.29 is 15.3 Å². The predicted octanol–water partition coefficient (Wildman–Crippen LogP) is 8.27. The SMILES string of the molecule is CCCc1cc(Cl)c(C)cc1O.CCc1cc(Cl)c(C)cc1O.Oc1ccc(Cl)cc1. The first-order valence-corrected chi connectivity index (χ1v) is 11.1. The Morgan fingerprint density at radius 1 is 0.677 bits per heavy atom. The third-order valence-electron chi connectivity index (χ3n) is 4.45. The summed E-state index contributed by atoms with van der Waals surface area (Å²) in [6.45, 7) is 7.83. The number of benzene rings is 3. The highest BCUT2D eigenvalue weighted by molar-refractivity contribution is 6.31. The van der Waals surface area contributed by atoms with Gasteiger partial charge in [0.25, 0.3) is 0 Å². The Balaban J connectivity index is 0.000000237. The smallest absolute Gasteiger partial charge is 0.119 e. The third kappa shape index (κ3) is 9.30. The maximum atomic E-state index is 9.49. The average Bonchev–Trinajstić information content (AvgIpc) is 2.72. The number of phenols is 3. The normalized spacial score (nSPS) is 9.90. The van der Waals surface area contributed by atoms with Gasteiger partial charge in [-0.15, -0.1) is 0 Å². The molecule has 3 nitrogen and oxygen atoms in total. The van der Waals surface area contributed by atoms with Gasteiger partial charge in [-0.05, 0) is 97.5 Å². The minimum atomic E-state index is 0.245. The Hall–Kier alpha value is -2.07. The van der Waals surface area contributed by atoms with Crippen molar-refractivity contribution in [2.45, 2.75) is 47.0 Å². The lowest BCUT2D eigenvalue weighted by molar-refractivity contribution is 0.467. The first-order chi connectivity index (χ1) is 14.6. The molecule has 31 heavy (non-hydrogen) atoms. The standard InChI is InChI=1S/C10H13ClO.C9H11ClO.C6H5ClO/c1-3-4-8-6-9(11)7(2)5-10(8)12;1-3-7-5-8(10)6(2)4-9(7)11;7-5-1-3-6(8)4-2-5/h5-6,12H,3-4H2,1-2H3;4-5,11H,3H2,1-2H3;1-4,8H. The molecule has 3 aromatic rings. The largest absolute Gasteiger partial charge is 0.508 e. The molecule has 6 heteroatoms. The second-order valence-electron chi connectivity index (χ2n) is 7.04. The van der Waals surface area contributed by atoms with Crippen molar-refractivity contribution in [3.63, 3.8) is 0 Å². The topological polar surface area (TPSA) is 60.7 Å². The highest BCUT2D eigenvalue weighted by Gasteiger charge is 2.04. The number of aromatic hydroxyl groups is 3. The minimum Gasteiger partial charge on any atom is -0.508 e. The number of hydrogen-bond donors (Lipinski definition) is 3. The van der Waals surface area contributed by atoms with Gasteiger partial charge in [0.2, 0.25) is 0 Å². The molecule has 0 amide bonds. The molecular formula is C25H29Cl3O3. The van der Waals surface area contributed by atoms with E-state index in [1.54, 1.807) is 36.4 Å². The van der Waals surface area contributed by atoms with E-state index in [0.717, 1.165) is 51.6 Å². The van der Waals surface area contributed by atoms with Crippen LogP contribution in [0, 0.1) is 13.8 Å². The number of rotatable bonds is 3. The molecule has 0 atom stereocenters. The zero-order valence-corrected chi connectivity index (χ0v) is 20.5. The van der Waals surface area contributed by atoms with Gasteiger partial charge in [-0.25, -0.2) is 0 Å². The summed E-state index contributed by atoms with van der Waals surface area (Å²) >= 11 is 17.3. The fourth-order valence-electron chi connectivity index (χ4n) is 2.61. The van der Waals surface area contributed by atoms with Crippen LogP contribution in [-0.4, -0.2) is 15.3 Å². The summed E-state index contributed by atoms with van der Waals surface area (Å²) in [4.78, 5) is 0. The molecule has 3 N–H and O–H groups in total. The summed E-state index contributed by atoms with van der Waals surface area (Å²) in [5.41, 5.74) is 3.68. The molecule has 0 saturated heterocycles. The van der Waals surface area contributed by atoms with E-state index in [0.29, 0.717) is 16.5 Å². The van der Waals surface area contributed by atoms with E-state index in [-0.39, 0.29) is 5.75 Å². The first kappa shape index (κ1) is 27.0. The molecule has 0 aromatic heterocycles. The van der Waals surface area contributed by atoms with Gasteiger partial charge < -0.3 is 15.3 Å². The number of aryl methyl sites for hydroxylation is 4. The number of hydrogen-bond acceptors (Lipinski definition) is 3. The van der Waals surface area contributed by atoms with Crippen molar-refractivity contribution in [3.05, 3.63) is 85.9 Å². The van der Waals surface area contributed by atoms with Crippen molar-refractivity contribution >= 4 is 34.8 Å². The lowest BCUT2D eigenvalue weighted by Gasteiger charge is -2.05. The first-order valence-electron chi connectivity index (χ1n) is 9.99. The molecule has 0 saturated carbocycles. The molecule has 0 fully saturated rings. The van der Waals surface area contributed by atoms with Crippen LogP contribution in [0.4, 0.5) is 0 Å². The van der Waals surface area contributed by atoms with Gasteiger partial charge in [0.05, 0.1) is 0 Å². The highest BCUT2D eigenvalue weighted by Crippen LogP contribution is 2.27. The van der Waals surface area contributed by atoms with Gasteiger partial charge >= 0.3 is 0 Å². The van der Waals surface area contributed by atoms with Gasteiger partial charge in [-0.3, -0.25) is 0 Å². The van der Waals surface area contributed by atoms with E-state index < -0.39 is 0 Å². The summed E-state index contributed by atoms with van der Waals surface area (Å²) in [6, 6.07) is 13.4. The van der Waals surface area contributed by atoms with Gasteiger partial charge in [0, 0.05) is 15.1 Å². The van der Waals surface area contributed by atoms with Crippen LogP contribution < -0.4 is 0 Å². The Bertz CT molecular complexity index is 950. The zero-order valence-electron chi connectivity index (χ0n) is 18.2. The average molecular weight is 484 g/mol. The molecule has 3 aromatic carbocycles. The molecule has 0 spiro atoms. The Kier molecular flexibility index (Phi) is 11.6. The van der Waals surface area contributed by atoms with Crippen LogP contribution in [0.5, 0.6) is 17.2 Å². The van der Waals surface area contributed by atoms with Crippen molar-refractivity contribution in [2.75, 3.05) is 0 Å². The zero-order chi connectivity index (χ0) is 23.6. The van der Waals surface area contributed by atoms with Gasteiger partial charge in [-0.2, -0.15) is 0 Å². The van der Waals surface area contributed by atoms with E-state index in [9.17, 15) is 10.2 Å². The molecule has 0 aliphatic carbocycles. The molecular weight excluding hydrogens is 455 g/mol. The lowest BCUT2D eigenvalue weighted by atomic mass is 10.1. The van der Waals surface area contributed by atoms with Crippen LogP contribution >= 0.6 is 34.8 Å². The quantitative estimate of drug-likeness (QED) is 0.351. The van der Waals surface area contributed by atoms with Crippen LogP contribution in [0.15, 0.2) is 48.5 Å². The maximum Gasteiger partial charge on any atom is 0.119 e. The molecule has 3 rings (SSSR count). The molecule has 0 aliphatic heterocycles. The van der Waals surface area contributed by atoms with Crippen molar-refractivity contribution in [2.24, 2.45) is 0 Å². The second-order valence-corrected chi connectivity index (χ2v) is 8.29. The number of phenolic OH excluding ortho intramolecular Hbond substituents is 3. The lowest BCUT2D eigenvalue weighted by Crippen LogP contribution is -1.86. The van der Waals surface area contributed by atoms with Gasteiger partial charge in [-0.1, -0.05) is 55.1 Å². The summed E-state index contributed by atoms with van der Waals surface area (Å²) in [5.74, 6) is 0.947. The summed E-state index contributed by atoms with van der Waals surface area (Å²) in [7, 11) is 0. The Labute approximate surface area is 199 Å². The fourth-order valence-corrected chi connectivity index (χ4v) is 3.11. The van der Waals surface area contributed by atoms with Crippen molar-refractivity contribution in [3.8, 4) is 17.2 Å². The van der Waals surface area contributed by atoms with Crippen LogP contribution in [0.25, 0.3) is 0 Å². The Morgan fingerprint density at radius 2 is 1.13 bits per heavy atom. The van der Waals surface area contributed by atoms with Crippen LogP contribution in [-0.2, 0) is 12.8 Å². The van der Waals surface area contributed by atoms with E-state index >= 15 is 0 Å². The monoisotopic (exact) mass is 482 g/mol. The molecule has 0 bridgehead atoms. The molecule has 0 radical (unpaired) electrons. The fraction of sp³-hybridized carbons (Fsp3) is 0.280. The minimum absolute atomic E-state index is 0.245. The molecule has 0 aliphatic rings. The highest BCUT2D eigenvalue weighted by atomic mass is 35.5. The molecule has 0 unspecified atom stereocenters. The predicted molar refractivity (Wildman–Crippen MR) is 132 cm³/mol. The molecule has 168 valence electrons. The summed E-state index contributed by atoms with van der Waals surface area (Å²) in [5, 5.41) is 29.6. The van der Waals surface area contributed by atoms with E-state index in [4.69, 9.17) is 39.9 Å². The van der Waals surface area contributed by atoms with E-state index in [2.05, 4.69) is 6.92 Å². The summed E-state index contributed by atoms with van der Waals surface area (Å²) in [6.07, 6.45) is 2.71. The van der Waals surface area contributed by atoms with E-state index in [1.165, 1.54) is 0 Å². The maximum absolute atomic E-state index is 9.49. The van der Waals surface area contributed by atoms with Crippen LogP contribution in [0.2, 0.25) is 15.1 Å².